The Morgan fingerprint density at radius 1 is 1.14 bits per heavy atom. The number of carboxylic acid groups (broad SMARTS) is 1. The van der Waals surface area contributed by atoms with Gasteiger partial charge < -0.3 is 19.5 Å². The standard InChI is InChI=1S/C22H24FNO5/c1-22(2,3)29-21(27)24-11-10-17(13-24)28-19-9-6-15(20(25)26)12-18(19)14-4-7-16(23)8-5-14/h4-9,12,17H,10-11,13H2,1-3H3,(H,25,26)/t17-/m0/s1. The first kappa shape index (κ1) is 20.6. The predicted molar refractivity (Wildman–Crippen MR) is 106 cm³/mol. The van der Waals surface area contributed by atoms with E-state index in [-0.39, 0.29) is 23.6 Å². The maximum atomic E-state index is 13.3. The largest absolute Gasteiger partial charge is 0.488 e. The number of carboxylic acids is 1. The van der Waals surface area contributed by atoms with Gasteiger partial charge >= 0.3 is 12.1 Å². The van der Waals surface area contributed by atoms with Crippen molar-refractivity contribution in [1.29, 1.82) is 0 Å². The lowest BCUT2D eigenvalue weighted by Gasteiger charge is -2.24. The number of nitrogens with zero attached hydrogens (tertiary/aromatic N) is 1. The topological polar surface area (TPSA) is 76.1 Å². The van der Waals surface area contributed by atoms with E-state index in [0.717, 1.165) is 0 Å². The molecule has 1 aliphatic rings. The van der Waals surface area contributed by atoms with Crippen LogP contribution in [0.3, 0.4) is 0 Å². The van der Waals surface area contributed by atoms with E-state index >= 15 is 0 Å². The van der Waals surface area contributed by atoms with Crippen LogP contribution in [0.25, 0.3) is 11.1 Å². The van der Waals surface area contributed by atoms with Gasteiger partial charge in [0.25, 0.3) is 0 Å². The number of hydrogen-bond acceptors (Lipinski definition) is 4. The van der Waals surface area contributed by atoms with E-state index in [4.69, 9.17) is 9.47 Å². The number of benzene rings is 2. The summed E-state index contributed by atoms with van der Waals surface area (Å²) in [6, 6.07) is 10.3. The number of hydrogen-bond donors (Lipinski definition) is 1. The molecular weight excluding hydrogens is 377 g/mol. The number of aromatic carboxylic acids is 1. The molecule has 0 radical (unpaired) electrons. The molecule has 1 fully saturated rings. The molecule has 0 unspecified atom stereocenters. The van der Waals surface area contributed by atoms with Crippen LogP contribution < -0.4 is 4.74 Å². The van der Waals surface area contributed by atoms with Crippen molar-refractivity contribution in [2.45, 2.75) is 38.9 Å². The minimum atomic E-state index is -1.06. The fourth-order valence-electron chi connectivity index (χ4n) is 3.12. The van der Waals surface area contributed by atoms with E-state index < -0.39 is 11.6 Å². The van der Waals surface area contributed by atoms with Gasteiger partial charge in [-0.25, -0.2) is 14.0 Å². The molecule has 29 heavy (non-hydrogen) atoms. The highest BCUT2D eigenvalue weighted by molar-refractivity contribution is 5.90. The highest BCUT2D eigenvalue weighted by atomic mass is 19.1. The average molecular weight is 401 g/mol. The normalized spacial score (nSPS) is 16.6. The zero-order valence-corrected chi connectivity index (χ0v) is 16.6. The highest BCUT2D eigenvalue weighted by Crippen LogP contribution is 2.33. The van der Waals surface area contributed by atoms with Gasteiger partial charge in [-0.3, -0.25) is 0 Å². The number of ether oxygens (including phenoxy) is 2. The van der Waals surface area contributed by atoms with E-state index in [2.05, 4.69) is 0 Å². The van der Waals surface area contributed by atoms with E-state index in [1.807, 2.05) is 20.8 Å². The zero-order chi connectivity index (χ0) is 21.2. The summed E-state index contributed by atoms with van der Waals surface area (Å²) in [7, 11) is 0. The van der Waals surface area contributed by atoms with Gasteiger partial charge in [-0.1, -0.05) is 12.1 Å². The predicted octanol–water partition coefficient (Wildman–Crippen LogP) is 4.58. The summed E-state index contributed by atoms with van der Waals surface area (Å²) in [4.78, 5) is 25.2. The van der Waals surface area contributed by atoms with Crippen LogP contribution in [-0.4, -0.2) is 46.9 Å². The quantitative estimate of drug-likeness (QED) is 0.812. The van der Waals surface area contributed by atoms with Gasteiger partial charge in [0.2, 0.25) is 0 Å². The lowest BCUT2D eigenvalue weighted by atomic mass is 10.0. The van der Waals surface area contributed by atoms with Crippen LogP contribution >= 0.6 is 0 Å². The number of likely N-dealkylation sites (tertiary alicyclic amines) is 1. The Kier molecular flexibility index (Phi) is 5.77. The fraction of sp³-hybridized carbons (Fsp3) is 0.364. The van der Waals surface area contributed by atoms with Crippen LogP contribution in [0.1, 0.15) is 37.6 Å². The Bertz CT molecular complexity index is 904. The molecule has 1 amide bonds. The van der Waals surface area contributed by atoms with Crippen molar-refractivity contribution in [3.63, 3.8) is 0 Å². The molecule has 1 aliphatic heterocycles. The van der Waals surface area contributed by atoms with Crippen molar-refractivity contribution >= 4 is 12.1 Å². The van der Waals surface area contributed by atoms with Crippen molar-refractivity contribution in [2.24, 2.45) is 0 Å². The zero-order valence-electron chi connectivity index (χ0n) is 16.6. The maximum absolute atomic E-state index is 13.3. The number of rotatable bonds is 4. The maximum Gasteiger partial charge on any atom is 0.410 e. The molecule has 2 aromatic rings. The summed E-state index contributed by atoms with van der Waals surface area (Å²) in [5.41, 5.74) is 0.740. The Morgan fingerprint density at radius 2 is 1.83 bits per heavy atom. The summed E-state index contributed by atoms with van der Waals surface area (Å²) in [5, 5.41) is 9.31. The van der Waals surface area contributed by atoms with Gasteiger partial charge in [0.15, 0.2) is 0 Å². The molecule has 0 bridgehead atoms. The first-order valence-electron chi connectivity index (χ1n) is 9.40. The Labute approximate surface area is 168 Å². The first-order chi connectivity index (χ1) is 13.6. The molecule has 1 heterocycles. The molecule has 0 aliphatic carbocycles. The summed E-state index contributed by atoms with van der Waals surface area (Å²) >= 11 is 0. The van der Waals surface area contributed by atoms with Crippen LogP contribution in [-0.2, 0) is 4.74 Å². The van der Waals surface area contributed by atoms with Crippen LogP contribution in [0.5, 0.6) is 5.75 Å². The second-order valence-corrected chi connectivity index (χ2v) is 7.98. The number of carbonyl (C=O) groups excluding carboxylic acids is 1. The molecule has 0 aromatic heterocycles. The highest BCUT2D eigenvalue weighted by Gasteiger charge is 2.31. The third-order valence-electron chi connectivity index (χ3n) is 4.47. The van der Waals surface area contributed by atoms with Crippen molar-refractivity contribution in [1.82, 2.24) is 4.90 Å². The Balaban J connectivity index is 1.79. The fourth-order valence-corrected chi connectivity index (χ4v) is 3.12. The van der Waals surface area contributed by atoms with Gasteiger partial charge in [-0.15, -0.1) is 0 Å². The van der Waals surface area contributed by atoms with E-state index in [1.165, 1.54) is 24.3 Å². The molecule has 1 saturated heterocycles. The Morgan fingerprint density at radius 3 is 2.45 bits per heavy atom. The van der Waals surface area contributed by atoms with E-state index in [1.54, 1.807) is 23.1 Å². The molecule has 0 spiro atoms. The summed E-state index contributed by atoms with van der Waals surface area (Å²) in [6.07, 6.45) is -0.0102. The monoisotopic (exact) mass is 401 g/mol. The minimum absolute atomic E-state index is 0.110. The number of halogens is 1. The van der Waals surface area contributed by atoms with E-state index in [0.29, 0.717) is 36.4 Å². The second kappa shape index (κ2) is 8.11. The summed E-state index contributed by atoms with van der Waals surface area (Å²) < 4.78 is 24.8. The molecule has 154 valence electrons. The van der Waals surface area contributed by atoms with Gasteiger partial charge in [0.1, 0.15) is 23.3 Å². The van der Waals surface area contributed by atoms with Crippen molar-refractivity contribution in [3.8, 4) is 16.9 Å². The minimum Gasteiger partial charge on any atom is -0.488 e. The Hall–Kier alpha value is -3.09. The third kappa shape index (κ3) is 5.25. The molecule has 2 aromatic carbocycles. The lowest BCUT2D eigenvalue weighted by Crippen LogP contribution is -2.36. The van der Waals surface area contributed by atoms with Crippen molar-refractivity contribution in [2.75, 3.05) is 13.1 Å². The lowest BCUT2D eigenvalue weighted by molar-refractivity contribution is 0.0275. The molecule has 7 heteroatoms. The number of amides is 1. The summed E-state index contributed by atoms with van der Waals surface area (Å²) in [6.45, 7) is 6.33. The first-order valence-corrected chi connectivity index (χ1v) is 9.40. The second-order valence-electron chi connectivity index (χ2n) is 7.98. The van der Waals surface area contributed by atoms with Crippen LogP contribution in [0.2, 0.25) is 0 Å². The molecule has 3 rings (SSSR count). The van der Waals surface area contributed by atoms with Gasteiger partial charge in [-0.2, -0.15) is 0 Å². The molecule has 0 saturated carbocycles. The third-order valence-corrected chi connectivity index (χ3v) is 4.47. The van der Waals surface area contributed by atoms with E-state index in [9.17, 15) is 19.1 Å². The molecule has 1 N–H and O–H groups in total. The van der Waals surface area contributed by atoms with Crippen LogP contribution in [0.15, 0.2) is 42.5 Å². The number of carbonyl (C=O) groups is 2. The average Bonchev–Trinajstić information content (AvgIpc) is 3.10. The molecule has 1 atom stereocenters. The summed E-state index contributed by atoms with van der Waals surface area (Å²) in [5.74, 6) is -0.955. The van der Waals surface area contributed by atoms with Crippen molar-refractivity contribution < 1.29 is 28.6 Å². The van der Waals surface area contributed by atoms with Crippen molar-refractivity contribution in [3.05, 3.63) is 53.8 Å². The van der Waals surface area contributed by atoms with Gasteiger partial charge in [0.05, 0.1) is 12.1 Å². The van der Waals surface area contributed by atoms with Gasteiger partial charge in [0, 0.05) is 18.5 Å². The van der Waals surface area contributed by atoms with Crippen LogP contribution in [0.4, 0.5) is 9.18 Å². The molecule has 6 nitrogen and oxygen atoms in total. The SMILES string of the molecule is CC(C)(C)OC(=O)N1CC[C@H](Oc2ccc(C(=O)O)cc2-c2ccc(F)cc2)C1. The van der Waals surface area contributed by atoms with Crippen LogP contribution in [0, 0.1) is 5.82 Å². The smallest absolute Gasteiger partial charge is 0.410 e. The van der Waals surface area contributed by atoms with Gasteiger partial charge in [-0.05, 0) is 56.7 Å². The molecular formula is C22H24FNO5.